The Labute approximate surface area is 244 Å². The fourth-order valence-corrected chi connectivity index (χ4v) is 4.55. The van der Waals surface area contributed by atoms with E-state index in [1.54, 1.807) is 0 Å². The number of para-hydroxylation sites is 1. The van der Waals surface area contributed by atoms with Crippen LogP contribution in [0.15, 0.2) is 18.2 Å². The van der Waals surface area contributed by atoms with Crippen LogP contribution in [0.25, 0.3) is 0 Å². The van der Waals surface area contributed by atoms with E-state index in [-0.39, 0.29) is 11.8 Å². The number of hydrogen-bond donors (Lipinski definition) is 1. The van der Waals surface area contributed by atoms with Crippen molar-refractivity contribution in [1.29, 1.82) is 0 Å². The highest BCUT2D eigenvalue weighted by Crippen LogP contribution is 2.37. The molecule has 1 saturated heterocycles. The maximum Gasteiger partial charge on any atom is 0.513 e. The molecule has 13 nitrogen and oxygen atoms in total. The normalized spacial score (nSPS) is 23.6. The summed E-state index contributed by atoms with van der Waals surface area (Å²) in [6, 6.07) is 5.57. The second-order valence-electron chi connectivity index (χ2n) is 10.5. The largest absolute Gasteiger partial charge is 0.513 e. The van der Waals surface area contributed by atoms with Gasteiger partial charge in [0.05, 0.1) is 0 Å². The predicted octanol–water partition coefficient (Wildman–Crippen LogP) is 3.28. The van der Waals surface area contributed by atoms with Crippen molar-refractivity contribution >= 4 is 30.0 Å². The van der Waals surface area contributed by atoms with Gasteiger partial charge in [-0.2, -0.15) is 0 Å². The molecule has 2 rings (SSSR count). The smallest absolute Gasteiger partial charge is 0.463 e. The van der Waals surface area contributed by atoms with Crippen LogP contribution < -0.4 is 4.74 Å². The SMILES string of the molecule is CC(=O)OC[C@H]1O[C@@](O)(CCOC(=O)Oc2c(C(C)C)cccc2C(C)C)[C@H](OC(C)=O)[C@@H](OC(C)=O)[C@@H]1OC(C)=O. The van der Waals surface area contributed by atoms with E-state index < -0.39 is 79.9 Å². The number of esters is 4. The molecule has 42 heavy (non-hydrogen) atoms. The molecule has 0 unspecified atom stereocenters. The van der Waals surface area contributed by atoms with Gasteiger partial charge in [0.2, 0.25) is 5.79 Å². The van der Waals surface area contributed by atoms with Crippen LogP contribution in [0.2, 0.25) is 0 Å². The minimum absolute atomic E-state index is 0.0462. The second kappa shape index (κ2) is 15.0. The van der Waals surface area contributed by atoms with E-state index in [9.17, 15) is 29.1 Å². The second-order valence-corrected chi connectivity index (χ2v) is 10.5. The van der Waals surface area contributed by atoms with E-state index >= 15 is 0 Å². The van der Waals surface area contributed by atoms with Gasteiger partial charge in [-0.3, -0.25) is 19.2 Å². The highest BCUT2D eigenvalue weighted by molar-refractivity contribution is 5.69. The lowest BCUT2D eigenvalue weighted by molar-refractivity contribution is -0.355. The molecule has 1 heterocycles. The minimum Gasteiger partial charge on any atom is -0.463 e. The Morgan fingerprint density at radius 1 is 0.810 bits per heavy atom. The number of rotatable bonds is 11. The quantitative estimate of drug-likeness (QED) is 0.224. The number of benzene rings is 1. The summed E-state index contributed by atoms with van der Waals surface area (Å²) in [6.07, 6.45) is -7.68. The van der Waals surface area contributed by atoms with E-state index in [0.29, 0.717) is 5.75 Å². The van der Waals surface area contributed by atoms with Gasteiger partial charge in [-0.05, 0) is 23.0 Å². The summed E-state index contributed by atoms with van der Waals surface area (Å²) < 4.78 is 37.5. The number of carbonyl (C=O) groups excluding carboxylic acids is 5. The third kappa shape index (κ3) is 9.41. The molecule has 234 valence electrons. The van der Waals surface area contributed by atoms with E-state index in [2.05, 4.69) is 0 Å². The monoisotopic (exact) mass is 596 g/mol. The molecule has 1 aromatic rings. The summed E-state index contributed by atoms with van der Waals surface area (Å²) in [5.41, 5.74) is 1.60. The molecule has 0 aromatic heterocycles. The molecule has 1 aliphatic rings. The Kier molecular flexibility index (Phi) is 12.3. The Hall–Kier alpha value is -3.71. The Morgan fingerprint density at radius 2 is 1.33 bits per heavy atom. The van der Waals surface area contributed by atoms with Crippen molar-refractivity contribution in [3.63, 3.8) is 0 Å². The minimum atomic E-state index is -2.45. The summed E-state index contributed by atoms with van der Waals surface area (Å²) in [7, 11) is 0. The van der Waals surface area contributed by atoms with E-state index in [0.717, 1.165) is 38.8 Å². The third-order valence-corrected chi connectivity index (χ3v) is 6.32. The highest BCUT2D eigenvalue weighted by atomic mass is 16.7. The Balaban J connectivity index is 2.34. The van der Waals surface area contributed by atoms with Gasteiger partial charge in [0.1, 0.15) is 25.1 Å². The van der Waals surface area contributed by atoms with Crippen molar-refractivity contribution in [3.8, 4) is 5.75 Å². The Morgan fingerprint density at radius 3 is 1.81 bits per heavy atom. The average Bonchev–Trinajstić information content (AvgIpc) is 2.86. The van der Waals surface area contributed by atoms with E-state index in [1.165, 1.54) is 0 Å². The predicted molar refractivity (Wildman–Crippen MR) is 144 cm³/mol. The first-order valence-electron chi connectivity index (χ1n) is 13.6. The number of carbonyl (C=O) groups is 5. The topological polar surface area (TPSA) is 170 Å². The number of hydrogen-bond acceptors (Lipinski definition) is 13. The van der Waals surface area contributed by atoms with Gasteiger partial charge in [-0.25, -0.2) is 4.79 Å². The zero-order valence-electron chi connectivity index (χ0n) is 25.2. The molecule has 0 bridgehead atoms. The molecule has 0 radical (unpaired) electrons. The summed E-state index contributed by atoms with van der Waals surface area (Å²) in [6.45, 7) is 11.1. The molecule has 0 spiro atoms. The van der Waals surface area contributed by atoms with Gasteiger partial charge in [-0.15, -0.1) is 0 Å². The number of aliphatic hydroxyl groups is 1. The molecule has 0 aliphatic carbocycles. The molecule has 1 fully saturated rings. The number of ether oxygens (including phenoxy) is 7. The molecule has 0 amide bonds. The fourth-order valence-electron chi connectivity index (χ4n) is 4.55. The molecule has 5 atom stereocenters. The van der Waals surface area contributed by atoms with Crippen LogP contribution in [0.1, 0.15) is 84.8 Å². The van der Waals surface area contributed by atoms with Crippen LogP contribution in [0.3, 0.4) is 0 Å². The van der Waals surface area contributed by atoms with Crippen molar-refractivity contribution < 1.29 is 62.2 Å². The molecule has 1 N–H and O–H groups in total. The molecule has 0 saturated carbocycles. The standard InChI is InChI=1S/C29H40O13/c1-15(2)21-10-9-11-22(16(3)4)24(21)41-28(34)36-13-12-29(35)27(40-20(8)33)26(39-19(7)32)25(38-18(6)31)23(42-29)14-37-17(5)30/h9-11,15-16,23,25-27,35H,12-14H2,1-8H3/t23-,25-,26+,27-,29+/m1/s1. The Bertz CT molecular complexity index is 1120. The van der Waals surface area contributed by atoms with E-state index in [4.69, 9.17) is 33.2 Å². The van der Waals surface area contributed by atoms with Crippen LogP contribution in [-0.4, -0.2) is 78.6 Å². The van der Waals surface area contributed by atoms with Crippen molar-refractivity contribution in [1.82, 2.24) is 0 Å². The summed E-state index contributed by atoms with van der Waals surface area (Å²) in [5.74, 6) is -5.24. The van der Waals surface area contributed by atoms with Crippen molar-refractivity contribution in [2.75, 3.05) is 13.2 Å². The third-order valence-electron chi connectivity index (χ3n) is 6.32. The van der Waals surface area contributed by atoms with Gasteiger partial charge >= 0.3 is 30.0 Å². The maximum atomic E-state index is 12.8. The summed E-state index contributed by atoms with van der Waals surface area (Å²) in [4.78, 5) is 60.1. The van der Waals surface area contributed by atoms with E-state index in [1.807, 2.05) is 45.9 Å². The van der Waals surface area contributed by atoms with Crippen molar-refractivity contribution in [2.24, 2.45) is 0 Å². The van der Waals surface area contributed by atoms with Crippen molar-refractivity contribution in [2.45, 2.75) is 104 Å². The van der Waals surface area contributed by atoms with Crippen LogP contribution >= 0.6 is 0 Å². The van der Waals surface area contributed by atoms with Crippen LogP contribution in [0, 0.1) is 0 Å². The molecule has 1 aliphatic heterocycles. The van der Waals surface area contributed by atoms with Crippen molar-refractivity contribution in [3.05, 3.63) is 29.3 Å². The first kappa shape index (κ1) is 34.5. The van der Waals surface area contributed by atoms with Gasteiger partial charge in [0, 0.05) is 34.1 Å². The van der Waals surface area contributed by atoms with Crippen LogP contribution in [0.5, 0.6) is 5.75 Å². The lowest BCUT2D eigenvalue weighted by Gasteiger charge is -2.48. The van der Waals surface area contributed by atoms with Crippen LogP contribution in [0.4, 0.5) is 4.79 Å². The zero-order valence-corrected chi connectivity index (χ0v) is 25.2. The molecule has 1 aromatic carbocycles. The zero-order chi connectivity index (χ0) is 31.8. The molecule has 13 heteroatoms. The van der Waals surface area contributed by atoms with Crippen LogP contribution in [-0.2, 0) is 47.6 Å². The fraction of sp³-hybridized carbons (Fsp3) is 0.621. The summed E-state index contributed by atoms with van der Waals surface area (Å²) in [5, 5.41) is 11.6. The van der Waals surface area contributed by atoms with Gasteiger partial charge in [0.15, 0.2) is 18.3 Å². The van der Waals surface area contributed by atoms with Gasteiger partial charge < -0.3 is 38.3 Å². The maximum absolute atomic E-state index is 12.8. The average molecular weight is 597 g/mol. The van der Waals surface area contributed by atoms with Gasteiger partial charge in [-0.1, -0.05) is 45.9 Å². The van der Waals surface area contributed by atoms with Gasteiger partial charge in [0.25, 0.3) is 0 Å². The lowest BCUT2D eigenvalue weighted by Crippen LogP contribution is -2.68. The molecular formula is C29H40O13. The highest BCUT2D eigenvalue weighted by Gasteiger charge is 2.59. The first-order valence-corrected chi connectivity index (χ1v) is 13.6. The summed E-state index contributed by atoms with van der Waals surface area (Å²) >= 11 is 0. The first-order chi connectivity index (χ1) is 19.6. The lowest BCUT2D eigenvalue weighted by atomic mass is 9.90. The molecular weight excluding hydrogens is 556 g/mol.